The van der Waals surface area contributed by atoms with E-state index in [0.717, 1.165) is 0 Å². The number of aliphatic hydroxyl groups excluding tert-OH is 3. The van der Waals surface area contributed by atoms with Crippen molar-refractivity contribution in [2.45, 2.75) is 30.7 Å². The van der Waals surface area contributed by atoms with Crippen molar-refractivity contribution in [2.75, 3.05) is 14.2 Å². The molecule has 1 aliphatic heterocycles. The lowest BCUT2D eigenvalue weighted by molar-refractivity contribution is -0.169. The van der Waals surface area contributed by atoms with Gasteiger partial charge >= 0.3 is 0 Å². The molecule has 0 aliphatic carbocycles. The van der Waals surface area contributed by atoms with Gasteiger partial charge in [-0.05, 0) is 0 Å². The predicted molar refractivity (Wildman–Crippen MR) is 47.8 cm³/mol. The fourth-order valence-electron chi connectivity index (χ4n) is 1.42. The molecule has 1 saturated heterocycles. The first-order valence-corrected chi connectivity index (χ1v) is 4.47. The highest BCUT2D eigenvalue weighted by Crippen LogP contribution is 2.24. The van der Waals surface area contributed by atoms with E-state index in [1.807, 2.05) is 0 Å². The Morgan fingerprint density at radius 2 is 2.07 bits per heavy atom. The number of likely N-dealkylation sites (N-methyl/N-ethyl adjacent to an activating group) is 1. The molecular weight excluding hydrogens is 206 g/mol. The van der Waals surface area contributed by atoms with Crippen LogP contribution in [0.3, 0.4) is 0 Å². The van der Waals surface area contributed by atoms with Gasteiger partial charge in [0.2, 0.25) is 0 Å². The van der Waals surface area contributed by atoms with Crippen molar-refractivity contribution in [3.63, 3.8) is 0 Å². The van der Waals surface area contributed by atoms with E-state index in [1.165, 1.54) is 14.2 Å². The van der Waals surface area contributed by atoms with Crippen molar-refractivity contribution in [1.82, 2.24) is 5.32 Å². The molecule has 7 heteroatoms. The van der Waals surface area contributed by atoms with Crippen molar-refractivity contribution in [3.8, 4) is 0 Å². The first kappa shape index (κ1) is 12.3. The van der Waals surface area contributed by atoms with Gasteiger partial charge in [0.15, 0.2) is 12.4 Å². The van der Waals surface area contributed by atoms with E-state index in [0.29, 0.717) is 0 Å². The predicted octanol–water partition coefficient (Wildman–Crippen LogP) is -2.81. The van der Waals surface area contributed by atoms with E-state index in [2.05, 4.69) is 5.32 Å². The van der Waals surface area contributed by atoms with Crippen LogP contribution in [0.5, 0.6) is 0 Å². The number of carbonyl (C=O) groups is 1. The molecule has 1 aliphatic rings. The van der Waals surface area contributed by atoms with Gasteiger partial charge in [-0.25, -0.2) is 0 Å². The molecule has 1 amide bonds. The summed E-state index contributed by atoms with van der Waals surface area (Å²) in [5, 5.41) is 30.5. The molecule has 1 heterocycles. The van der Waals surface area contributed by atoms with E-state index in [9.17, 15) is 20.1 Å². The molecule has 4 N–H and O–H groups in total. The number of aliphatic hydroxyl groups is 3. The minimum absolute atomic E-state index is 0.692. The van der Waals surface area contributed by atoms with Crippen LogP contribution in [0.1, 0.15) is 0 Å². The van der Waals surface area contributed by atoms with Crippen LogP contribution in [-0.2, 0) is 14.3 Å². The number of carbonyl (C=O) groups excluding carboxylic acids is 1. The molecule has 0 spiro atoms. The summed E-state index contributed by atoms with van der Waals surface area (Å²) >= 11 is 0. The van der Waals surface area contributed by atoms with Gasteiger partial charge in [-0.1, -0.05) is 0 Å². The largest absolute Gasteiger partial charge is 0.387 e. The van der Waals surface area contributed by atoms with E-state index in [1.54, 1.807) is 0 Å². The fraction of sp³-hybridized carbons (Fsp3) is 0.875. The summed E-state index contributed by atoms with van der Waals surface area (Å²) < 4.78 is 9.70. The summed E-state index contributed by atoms with van der Waals surface area (Å²) in [6.07, 6.45) is -6.41. The smallest absolute Gasteiger partial charge is 0.251 e. The summed E-state index contributed by atoms with van der Waals surface area (Å²) in [6, 6.07) is 0. The molecule has 7 nitrogen and oxygen atoms in total. The second-order valence-corrected chi connectivity index (χ2v) is 3.25. The molecule has 15 heavy (non-hydrogen) atoms. The fourth-order valence-corrected chi connectivity index (χ4v) is 1.42. The maximum absolute atomic E-state index is 11.1. The molecule has 0 aromatic carbocycles. The van der Waals surface area contributed by atoms with Gasteiger partial charge in [-0.2, -0.15) is 0 Å². The van der Waals surface area contributed by atoms with Gasteiger partial charge in [0.25, 0.3) is 5.91 Å². The minimum atomic E-state index is -1.54. The molecule has 3 unspecified atom stereocenters. The molecule has 0 radical (unpaired) electrons. The number of methoxy groups -OCH3 is 1. The monoisotopic (exact) mass is 221 g/mol. The zero-order valence-corrected chi connectivity index (χ0v) is 8.45. The molecule has 0 aromatic rings. The van der Waals surface area contributed by atoms with Crippen molar-refractivity contribution in [1.29, 1.82) is 0 Å². The van der Waals surface area contributed by atoms with E-state index in [-0.39, 0.29) is 0 Å². The van der Waals surface area contributed by atoms with Crippen LogP contribution in [0, 0.1) is 0 Å². The van der Waals surface area contributed by atoms with Crippen LogP contribution in [0.25, 0.3) is 0 Å². The summed E-state index contributed by atoms with van der Waals surface area (Å²) in [6.45, 7) is 0. The van der Waals surface area contributed by atoms with Crippen LogP contribution in [0.15, 0.2) is 0 Å². The standard InChI is InChI=1S/C8H15NO6/c1-9-7(13)5(12)6-3(10)4(11)8(14-2)15-6/h3-6,8,10-12H,1-2H3,(H,9,13)/t3?,4-,5?,6+,8?/m1/s1. The highest BCUT2D eigenvalue weighted by atomic mass is 16.7. The molecule has 88 valence electrons. The maximum Gasteiger partial charge on any atom is 0.251 e. The summed E-state index contributed by atoms with van der Waals surface area (Å²) in [5.74, 6) is -0.692. The summed E-state index contributed by atoms with van der Waals surface area (Å²) in [4.78, 5) is 11.1. The van der Waals surface area contributed by atoms with Gasteiger partial charge in [0, 0.05) is 14.2 Å². The third kappa shape index (κ3) is 2.27. The Kier molecular flexibility index (Phi) is 4.00. The molecule has 1 rings (SSSR count). The second kappa shape index (κ2) is 4.86. The lowest BCUT2D eigenvalue weighted by atomic mass is 10.1. The topological polar surface area (TPSA) is 108 Å². The lowest BCUT2D eigenvalue weighted by Crippen LogP contribution is -2.46. The normalized spacial score (nSPS) is 37.7. The Labute approximate surface area is 86.6 Å². The van der Waals surface area contributed by atoms with Crippen molar-refractivity contribution in [3.05, 3.63) is 0 Å². The lowest BCUT2D eigenvalue weighted by Gasteiger charge is -2.19. The number of ether oxygens (including phenoxy) is 2. The quantitative estimate of drug-likeness (QED) is 0.409. The van der Waals surface area contributed by atoms with Gasteiger partial charge < -0.3 is 30.1 Å². The zero-order valence-electron chi connectivity index (χ0n) is 8.45. The van der Waals surface area contributed by atoms with Crippen LogP contribution in [0.4, 0.5) is 0 Å². The Balaban J connectivity index is 2.68. The highest BCUT2D eigenvalue weighted by Gasteiger charge is 2.47. The number of rotatable bonds is 3. The van der Waals surface area contributed by atoms with E-state index >= 15 is 0 Å². The molecule has 0 saturated carbocycles. The molecule has 5 atom stereocenters. The third-order valence-corrected chi connectivity index (χ3v) is 2.32. The molecular formula is C8H15NO6. The Morgan fingerprint density at radius 3 is 2.47 bits per heavy atom. The summed E-state index contributed by atoms with van der Waals surface area (Å²) in [5.41, 5.74) is 0. The van der Waals surface area contributed by atoms with Gasteiger partial charge in [0.05, 0.1) is 0 Å². The van der Waals surface area contributed by atoms with Gasteiger partial charge in [-0.15, -0.1) is 0 Å². The summed E-state index contributed by atoms with van der Waals surface area (Å²) in [7, 11) is 2.63. The average Bonchev–Trinajstić information content (AvgIpc) is 2.54. The average molecular weight is 221 g/mol. The van der Waals surface area contributed by atoms with Crippen molar-refractivity contribution < 1.29 is 29.6 Å². The number of nitrogens with one attached hydrogen (secondary N) is 1. The van der Waals surface area contributed by atoms with Crippen LogP contribution in [-0.4, -0.2) is 66.1 Å². The second-order valence-electron chi connectivity index (χ2n) is 3.25. The van der Waals surface area contributed by atoms with Gasteiger partial charge in [0.1, 0.15) is 18.3 Å². The van der Waals surface area contributed by atoms with E-state index in [4.69, 9.17) is 9.47 Å². The number of hydrogen-bond donors (Lipinski definition) is 4. The SMILES string of the molecule is CNC(=O)C(O)[C@H]1OC(OC)[C@H](O)C1O. The van der Waals surface area contributed by atoms with E-state index < -0.39 is 36.6 Å². The van der Waals surface area contributed by atoms with Crippen molar-refractivity contribution in [2.24, 2.45) is 0 Å². The Hall–Kier alpha value is -0.730. The minimum Gasteiger partial charge on any atom is -0.387 e. The Bertz CT molecular complexity index is 235. The van der Waals surface area contributed by atoms with Crippen molar-refractivity contribution >= 4 is 5.91 Å². The Morgan fingerprint density at radius 1 is 1.47 bits per heavy atom. The van der Waals surface area contributed by atoms with Crippen LogP contribution < -0.4 is 5.32 Å². The first-order valence-electron chi connectivity index (χ1n) is 4.47. The maximum atomic E-state index is 11.1. The van der Waals surface area contributed by atoms with Crippen LogP contribution in [0.2, 0.25) is 0 Å². The third-order valence-electron chi connectivity index (χ3n) is 2.32. The van der Waals surface area contributed by atoms with Gasteiger partial charge in [-0.3, -0.25) is 4.79 Å². The first-order chi connectivity index (χ1) is 7.02. The zero-order chi connectivity index (χ0) is 11.6. The highest BCUT2D eigenvalue weighted by molar-refractivity contribution is 5.80. The van der Waals surface area contributed by atoms with Crippen LogP contribution >= 0.6 is 0 Å². The molecule has 0 bridgehead atoms. The number of hydrogen-bond acceptors (Lipinski definition) is 6. The molecule has 0 aromatic heterocycles. The number of amides is 1. The molecule has 1 fully saturated rings.